The fourth-order valence-corrected chi connectivity index (χ4v) is 2.44. The fourth-order valence-electron chi connectivity index (χ4n) is 1.95. The first kappa shape index (κ1) is 15.5. The highest BCUT2D eigenvalue weighted by molar-refractivity contribution is 7.99. The third-order valence-electron chi connectivity index (χ3n) is 3.17. The standard InChI is InChI=1S/C16H25NO2S/c1-3-18-16-11-13(12-17-14-6-7-14)5-8-15(16)19-9-10-20-4-2/h5,8,11,14,17H,3-4,6-7,9-10,12H2,1-2H3. The van der Waals surface area contributed by atoms with Gasteiger partial charge in [-0.2, -0.15) is 11.8 Å². The molecule has 20 heavy (non-hydrogen) atoms. The first-order valence-corrected chi connectivity index (χ1v) is 8.68. The van der Waals surface area contributed by atoms with Crippen LogP contribution in [0.4, 0.5) is 0 Å². The average molecular weight is 295 g/mol. The van der Waals surface area contributed by atoms with Crippen molar-refractivity contribution in [1.29, 1.82) is 0 Å². The molecule has 4 heteroatoms. The fraction of sp³-hybridized carbons (Fsp3) is 0.625. The third kappa shape index (κ3) is 5.25. The molecule has 3 nitrogen and oxygen atoms in total. The lowest BCUT2D eigenvalue weighted by atomic mass is 10.2. The maximum Gasteiger partial charge on any atom is 0.161 e. The molecule has 0 saturated heterocycles. The van der Waals surface area contributed by atoms with Crippen LogP contribution in [0.15, 0.2) is 18.2 Å². The van der Waals surface area contributed by atoms with Gasteiger partial charge in [0.2, 0.25) is 0 Å². The lowest BCUT2D eigenvalue weighted by Gasteiger charge is -2.13. The van der Waals surface area contributed by atoms with Crippen LogP contribution in [0.3, 0.4) is 0 Å². The van der Waals surface area contributed by atoms with Crippen LogP contribution < -0.4 is 14.8 Å². The molecule has 0 bridgehead atoms. The Morgan fingerprint density at radius 2 is 2.05 bits per heavy atom. The van der Waals surface area contributed by atoms with Crippen molar-refractivity contribution in [3.05, 3.63) is 23.8 Å². The molecule has 1 aromatic rings. The molecule has 112 valence electrons. The van der Waals surface area contributed by atoms with Gasteiger partial charge in [-0.25, -0.2) is 0 Å². The summed E-state index contributed by atoms with van der Waals surface area (Å²) in [5.74, 6) is 3.88. The Labute approximate surface area is 126 Å². The van der Waals surface area contributed by atoms with E-state index in [-0.39, 0.29) is 0 Å². The van der Waals surface area contributed by atoms with E-state index < -0.39 is 0 Å². The van der Waals surface area contributed by atoms with E-state index in [0.29, 0.717) is 6.61 Å². The predicted octanol–water partition coefficient (Wildman–Crippen LogP) is 3.47. The molecule has 0 amide bonds. The van der Waals surface area contributed by atoms with Crippen LogP contribution in [0.5, 0.6) is 11.5 Å². The molecule has 1 aromatic carbocycles. The quantitative estimate of drug-likeness (QED) is 0.670. The van der Waals surface area contributed by atoms with Crippen molar-refractivity contribution >= 4 is 11.8 Å². The van der Waals surface area contributed by atoms with E-state index in [2.05, 4.69) is 24.4 Å². The van der Waals surface area contributed by atoms with Gasteiger partial charge >= 0.3 is 0 Å². The topological polar surface area (TPSA) is 30.5 Å². The van der Waals surface area contributed by atoms with Crippen molar-refractivity contribution in [1.82, 2.24) is 5.32 Å². The second kappa shape index (κ2) is 8.42. The van der Waals surface area contributed by atoms with Crippen molar-refractivity contribution in [3.8, 4) is 11.5 Å². The van der Waals surface area contributed by atoms with E-state index in [4.69, 9.17) is 9.47 Å². The van der Waals surface area contributed by atoms with Crippen LogP contribution in [-0.2, 0) is 6.54 Å². The second-order valence-electron chi connectivity index (χ2n) is 4.91. The molecule has 0 unspecified atom stereocenters. The van der Waals surface area contributed by atoms with Crippen molar-refractivity contribution in [3.63, 3.8) is 0 Å². The number of rotatable bonds is 10. The molecule has 1 N–H and O–H groups in total. The average Bonchev–Trinajstić information content (AvgIpc) is 3.27. The molecular weight excluding hydrogens is 270 g/mol. The molecule has 1 aliphatic rings. The van der Waals surface area contributed by atoms with Gasteiger partial charge in [-0.05, 0) is 43.2 Å². The summed E-state index contributed by atoms with van der Waals surface area (Å²) in [6.45, 7) is 6.48. The van der Waals surface area contributed by atoms with Crippen LogP contribution >= 0.6 is 11.8 Å². The monoisotopic (exact) mass is 295 g/mol. The number of nitrogens with one attached hydrogen (secondary N) is 1. The van der Waals surface area contributed by atoms with E-state index >= 15 is 0 Å². The summed E-state index contributed by atoms with van der Waals surface area (Å²) in [6, 6.07) is 6.99. The Kier molecular flexibility index (Phi) is 6.54. The van der Waals surface area contributed by atoms with Crippen molar-refractivity contribution in [2.24, 2.45) is 0 Å². The van der Waals surface area contributed by atoms with Crippen LogP contribution in [0, 0.1) is 0 Å². The lowest BCUT2D eigenvalue weighted by molar-refractivity contribution is 0.289. The minimum absolute atomic E-state index is 0.666. The summed E-state index contributed by atoms with van der Waals surface area (Å²) in [7, 11) is 0. The summed E-state index contributed by atoms with van der Waals surface area (Å²) in [5.41, 5.74) is 1.26. The van der Waals surface area contributed by atoms with Gasteiger partial charge in [0.1, 0.15) is 0 Å². The number of hydrogen-bond donors (Lipinski definition) is 1. The number of hydrogen-bond acceptors (Lipinski definition) is 4. The van der Waals surface area contributed by atoms with E-state index in [1.807, 2.05) is 24.8 Å². The van der Waals surface area contributed by atoms with Crippen LogP contribution in [0.2, 0.25) is 0 Å². The van der Waals surface area contributed by atoms with Gasteiger partial charge in [-0.1, -0.05) is 13.0 Å². The Bertz CT molecular complexity index is 407. The Balaban J connectivity index is 1.90. The highest BCUT2D eigenvalue weighted by atomic mass is 32.2. The molecule has 0 radical (unpaired) electrons. The molecule has 2 rings (SSSR count). The highest BCUT2D eigenvalue weighted by Gasteiger charge is 2.20. The molecule has 1 aliphatic carbocycles. The van der Waals surface area contributed by atoms with Gasteiger partial charge in [-0.3, -0.25) is 0 Å². The smallest absolute Gasteiger partial charge is 0.161 e. The van der Waals surface area contributed by atoms with Crippen LogP contribution in [0.1, 0.15) is 32.3 Å². The summed E-state index contributed by atoms with van der Waals surface area (Å²) >= 11 is 1.89. The molecule has 0 aliphatic heterocycles. The summed E-state index contributed by atoms with van der Waals surface area (Å²) in [6.07, 6.45) is 2.63. The maximum atomic E-state index is 5.82. The van der Waals surface area contributed by atoms with Crippen LogP contribution in [-0.4, -0.2) is 30.8 Å². The molecule has 0 aromatic heterocycles. The van der Waals surface area contributed by atoms with E-state index in [0.717, 1.165) is 42.2 Å². The largest absolute Gasteiger partial charge is 0.490 e. The minimum Gasteiger partial charge on any atom is -0.490 e. The van der Waals surface area contributed by atoms with Gasteiger partial charge < -0.3 is 14.8 Å². The minimum atomic E-state index is 0.666. The van der Waals surface area contributed by atoms with Crippen LogP contribution in [0.25, 0.3) is 0 Å². The van der Waals surface area contributed by atoms with Crippen molar-refractivity contribution < 1.29 is 9.47 Å². The van der Waals surface area contributed by atoms with E-state index in [9.17, 15) is 0 Å². The zero-order valence-corrected chi connectivity index (χ0v) is 13.3. The van der Waals surface area contributed by atoms with Gasteiger partial charge in [0, 0.05) is 18.3 Å². The number of ether oxygens (including phenoxy) is 2. The van der Waals surface area contributed by atoms with Gasteiger partial charge in [0.05, 0.1) is 13.2 Å². The SMILES string of the molecule is CCOc1cc(CNC2CC2)ccc1OCCSCC. The van der Waals surface area contributed by atoms with Gasteiger partial charge in [-0.15, -0.1) is 0 Å². The Morgan fingerprint density at radius 1 is 1.20 bits per heavy atom. The maximum absolute atomic E-state index is 5.82. The molecule has 1 fully saturated rings. The number of thioether (sulfide) groups is 1. The van der Waals surface area contributed by atoms with E-state index in [1.54, 1.807) is 0 Å². The Hall–Kier alpha value is -0.870. The normalized spacial score (nSPS) is 14.3. The molecular formula is C16H25NO2S. The van der Waals surface area contributed by atoms with Gasteiger partial charge in [0.15, 0.2) is 11.5 Å². The zero-order chi connectivity index (χ0) is 14.2. The van der Waals surface area contributed by atoms with E-state index in [1.165, 1.54) is 18.4 Å². The van der Waals surface area contributed by atoms with Gasteiger partial charge in [0.25, 0.3) is 0 Å². The summed E-state index contributed by atoms with van der Waals surface area (Å²) < 4.78 is 11.5. The Morgan fingerprint density at radius 3 is 2.75 bits per heavy atom. The third-order valence-corrected chi connectivity index (χ3v) is 4.03. The molecule has 0 heterocycles. The first-order chi connectivity index (χ1) is 9.83. The predicted molar refractivity (Wildman–Crippen MR) is 86.0 cm³/mol. The lowest BCUT2D eigenvalue weighted by Crippen LogP contribution is -2.15. The highest BCUT2D eigenvalue weighted by Crippen LogP contribution is 2.29. The van der Waals surface area contributed by atoms with Crippen molar-refractivity contribution in [2.45, 2.75) is 39.3 Å². The molecule has 1 saturated carbocycles. The second-order valence-corrected chi connectivity index (χ2v) is 6.31. The zero-order valence-electron chi connectivity index (χ0n) is 12.5. The number of benzene rings is 1. The molecule has 0 atom stereocenters. The first-order valence-electron chi connectivity index (χ1n) is 7.53. The van der Waals surface area contributed by atoms with Crippen molar-refractivity contribution in [2.75, 3.05) is 24.7 Å². The summed E-state index contributed by atoms with van der Waals surface area (Å²) in [4.78, 5) is 0. The summed E-state index contributed by atoms with van der Waals surface area (Å²) in [5, 5.41) is 3.52. The molecule has 0 spiro atoms.